The predicted molar refractivity (Wildman–Crippen MR) is 123 cm³/mol. The van der Waals surface area contributed by atoms with Gasteiger partial charge in [-0.2, -0.15) is 5.26 Å². The van der Waals surface area contributed by atoms with Crippen molar-refractivity contribution in [1.82, 2.24) is 4.57 Å². The Labute approximate surface area is 202 Å². The molecule has 0 amide bonds. The Balaban J connectivity index is 1.99. The lowest BCUT2D eigenvalue weighted by Gasteiger charge is -2.21. The summed E-state index contributed by atoms with van der Waals surface area (Å²) < 4.78 is 0.951. The molecular weight excluding hydrogens is 483 g/mol. The number of halogens is 2. The van der Waals surface area contributed by atoms with Crippen molar-refractivity contribution >= 4 is 46.1 Å². The molecule has 4 rings (SSSR count). The fourth-order valence-corrected chi connectivity index (χ4v) is 4.41. The fraction of sp³-hybridized carbons (Fsp3) is 0.130. The Morgan fingerprint density at radius 2 is 1.68 bits per heavy atom. The van der Waals surface area contributed by atoms with Crippen molar-refractivity contribution in [1.29, 1.82) is 5.26 Å². The van der Waals surface area contributed by atoms with Crippen LogP contribution in [0.3, 0.4) is 0 Å². The number of carbonyl (C=O) groups is 2. The van der Waals surface area contributed by atoms with Crippen LogP contribution in [-0.2, 0) is 6.54 Å². The second-order valence-electron chi connectivity index (χ2n) is 7.33. The van der Waals surface area contributed by atoms with Gasteiger partial charge in [0.2, 0.25) is 5.88 Å². The number of aromatic hydroxyl groups is 2. The van der Waals surface area contributed by atoms with Crippen LogP contribution in [0.15, 0.2) is 39.3 Å². The van der Waals surface area contributed by atoms with E-state index in [-0.39, 0.29) is 67.1 Å². The molecule has 0 atom stereocenters. The maximum atomic E-state index is 13.3. The molecule has 0 bridgehead atoms. The molecule has 1 aliphatic carbocycles. The van der Waals surface area contributed by atoms with E-state index in [4.69, 9.17) is 23.2 Å². The first-order chi connectivity index (χ1) is 16.1. The number of nitrogens with zero attached hydrogens (tertiary/aromatic N) is 4. The Kier molecular flexibility index (Phi) is 5.73. The molecule has 1 aromatic heterocycles. The fourth-order valence-electron chi connectivity index (χ4n) is 3.83. The molecule has 9 nitrogen and oxygen atoms in total. The Bertz CT molecular complexity index is 1570. The molecule has 0 unspecified atom stereocenters. The molecule has 34 heavy (non-hydrogen) atoms. The number of rotatable bonds is 3. The first kappa shape index (κ1) is 23.2. The minimum Gasteiger partial charge on any atom is -0.507 e. The summed E-state index contributed by atoms with van der Waals surface area (Å²) in [6.45, 7) is 3.08. The number of phenolic OH excluding ortho intramolecular Hbond substituents is 1. The lowest BCUT2D eigenvalue weighted by molar-refractivity contribution is 0.0977. The van der Waals surface area contributed by atoms with Crippen LogP contribution in [0.4, 0.5) is 11.4 Å². The molecule has 0 fully saturated rings. The molecule has 1 aliphatic rings. The van der Waals surface area contributed by atoms with Crippen LogP contribution in [0.25, 0.3) is 0 Å². The van der Waals surface area contributed by atoms with Gasteiger partial charge in [0.1, 0.15) is 23.1 Å². The zero-order valence-electron chi connectivity index (χ0n) is 17.7. The summed E-state index contributed by atoms with van der Waals surface area (Å²) in [5.41, 5.74) is -1.86. The molecule has 11 heteroatoms. The van der Waals surface area contributed by atoms with Gasteiger partial charge in [-0.3, -0.25) is 19.0 Å². The summed E-state index contributed by atoms with van der Waals surface area (Å²) >= 11 is 12.5. The van der Waals surface area contributed by atoms with Crippen LogP contribution in [0.5, 0.6) is 11.6 Å². The number of aromatic nitrogens is 1. The average Bonchev–Trinajstić information content (AvgIpc) is 2.78. The molecule has 0 saturated heterocycles. The van der Waals surface area contributed by atoms with E-state index in [9.17, 15) is 29.9 Å². The van der Waals surface area contributed by atoms with Crippen molar-refractivity contribution in [3.05, 3.63) is 78.0 Å². The third kappa shape index (κ3) is 3.27. The maximum Gasteiger partial charge on any atom is 0.271 e. The number of azo groups is 1. The highest BCUT2D eigenvalue weighted by Gasteiger charge is 2.37. The smallest absolute Gasteiger partial charge is 0.271 e. The van der Waals surface area contributed by atoms with Gasteiger partial charge in [0.15, 0.2) is 17.3 Å². The topological polar surface area (TPSA) is 145 Å². The maximum absolute atomic E-state index is 13.3. The zero-order valence-corrected chi connectivity index (χ0v) is 19.2. The third-order valence-corrected chi connectivity index (χ3v) is 6.09. The number of hydrogen-bond donors (Lipinski definition) is 2. The third-order valence-electron chi connectivity index (χ3n) is 5.51. The first-order valence-electron chi connectivity index (χ1n) is 9.85. The van der Waals surface area contributed by atoms with E-state index in [1.807, 2.05) is 0 Å². The van der Waals surface area contributed by atoms with Crippen molar-refractivity contribution in [3.63, 3.8) is 0 Å². The SMILES string of the molecule is CCn1c(O)c(/N=N/c2c(Cl)cc(Cl)c3c2C(=O)c2cccc(O)c2C3=O)c(C)c(C#N)c1=O. The van der Waals surface area contributed by atoms with Crippen molar-refractivity contribution < 1.29 is 19.8 Å². The van der Waals surface area contributed by atoms with E-state index in [1.54, 1.807) is 13.0 Å². The molecule has 0 saturated carbocycles. The first-order valence-corrected chi connectivity index (χ1v) is 10.6. The highest BCUT2D eigenvalue weighted by atomic mass is 35.5. The largest absolute Gasteiger partial charge is 0.507 e. The molecule has 0 spiro atoms. The Morgan fingerprint density at radius 1 is 1.00 bits per heavy atom. The monoisotopic (exact) mass is 496 g/mol. The molecule has 0 radical (unpaired) electrons. The minimum absolute atomic E-state index is 0.0578. The van der Waals surface area contributed by atoms with E-state index >= 15 is 0 Å². The highest BCUT2D eigenvalue weighted by Crippen LogP contribution is 2.44. The van der Waals surface area contributed by atoms with Crippen LogP contribution in [0.2, 0.25) is 10.0 Å². The van der Waals surface area contributed by atoms with E-state index in [1.165, 1.54) is 31.2 Å². The lowest BCUT2D eigenvalue weighted by atomic mass is 9.82. The van der Waals surface area contributed by atoms with Gasteiger partial charge in [-0.15, -0.1) is 10.2 Å². The van der Waals surface area contributed by atoms with Gasteiger partial charge in [0.25, 0.3) is 5.56 Å². The second-order valence-corrected chi connectivity index (χ2v) is 8.14. The minimum atomic E-state index is -0.689. The summed E-state index contributed by atoms with van der Waals surface area (Å²) in [6.07, 6.45) is 0. The van der Waals surface area contributed by atoms with Gasteiger partial charge >= 0.3 is 0 Å². The number of phenols is 1. The highest BCUT2D eigenvalue weighted by molar-refractivity contribution is 6.43. The van der Waals surface area contributed by atoms with Gasteiger partial charge in [0, 0.05) is 17.7 Å². The summed E-state index contributed by atoms with van der Waals surface area (Å²) in [4.78, 5) is 38.8. The number of pyridine rings is 1. The molecule has 2 aromatic carbocycles. The van der Waals surface area contributed by atoms with E-state index in [2.05, 4.69) is 10.2 Å². The van der Waals surface area contributed by atoms with Crippen LogP contribution < -0.4 is 5.56 Å². The molecule has 1 heterocycles. The summed E-state index contributed by atoms with van der Waals surface area (Å²) in [5.74, 6) is -2.24. The van der Waals surface area contributed by atoms with Crippen molar-refractivity contribution in [2.45, 2.75) is 20.4 Å². The zero-order chi connectivity index (χ0) is 24.9. The van der Waals surface area contributed by atoms with Crippen LogP contribution in [0, 0.1) is 18.3 Å². The number of benzene rings is 2. The molecule has 3 aromatic rings. The van der Waals surface area contributed by atoms with Crippen LogP contribution >= 0.6 is 23.2 Å². The van der Waals surface area contributed by atoms with Crippen molar-refractivity contribution in [3.8, 4) is 17.7 Å². The predicted octanol–water partition coefficient (Wildman–Crippen LogP) is 4.96. The molecular formula is C23H14Cl2N4O5. The standard InChI is InChI=1S/C23H14Cl2N4O5/c1-3-29-22(33)11(8-26)9(2)18(23(29)34)27-28-19-13(25)7-12(24)16-17(19)20(31)10-5-4-6-14(30)15(10)21(16)32/h4-7,30,34H,3H2,1-2H3/b28-27+. The van der Waals surface area contributed by atoms with Gasteiger partial charge in [-0.1, -0.05) is 35.3 Å². The second kappa shape index (κ2) is 8.41. The van der Waals surface area contributed by atoms with Gasteiger partial charge in [0.05, 0.1) is 26.7 Å². The number of hydrogen-bond acceptors (Lipinski definition) is 8. The van der Waals surface area contributed by atoms with E-state index < -0.39 is 23.0 Å². The van der Waals surface area contributed by atoms with Crippen LogP contribution in [0.1, 0.15) is 49.9 Å². The van der Waals surface area contributed by atoms with Crippen molar-refractivity contribution in [2.75, 3.05) is 0 Å². The van der Waals surface area contributed by atoms with Gasteiger partial charge in [-0.25, -0.2) is 0 Å². The Morgan fingerprint density at radius 3 is 2.32 bits per heavy atom. The molecule has 2 N–H and O–H groups in total. The van der Waals surface area contributed by atoms with E-state index in [0.717, 1.165) is 4.57 Å². The van der Waals surface area contributed by atoms with Crippen molar-refractivity contribution in [2.24, 2.45) is 10.2 Å². The quantitative estimate of drug-likeness (QED) is 0.383. The summed E-state index contributed by atoms with van der Waals surface area (Å²) in [6, 6.07) is 7.07. The van der Waals surface area contributed by atoms with E-state index in [0.29, 0.717) is 0 Å². The van der Waals surface area contributed by atoms with Gasteiger partial charge < -0.3 is 10.2 Å². The normalized spacial score (nSPS) is 12.6. The molecule has 170 valence electrons. The van der Waals surface area contributed by atoms with Crippen LogP contribution in [-0.4, -0.2) is 26.3 Å². The molecule has 0 aliphatic heterocycles. The lowest BCUT2D eigenvalue weighted by Crippen LogP contribution is -2.23. The number of nitriles is 1. The number of fused-ring (bicyclic) bond motifs is 2. The number of ketones is 2. The van der Waals surface area contributed by atoms with Gasteiger partial charge in [-0.05, 0) is 26.0 Å². The average molecular weight is 497 g/mol. The summed E-state index contributed by atoms with van der Waals surface area (Å²) in [7, 11) is 0. The number of carbonyl (C=O) groups excluding carboxylic acids is 2. The Hall–Kier alpha value is -4.00. The summed E-state index contributed by atoms with van der Waals surface area (Å²) in [5, 5.41) is 37.9.